The zero-order valence-corrected chi connectivity index (χ0v) is 12.0. The monoisotopic (exact) mass is 262 g/mol. The van der Waals surface area contributed by atoms with Crippen molar-refractivity contribution in [2.75, 3.05) is 26.2 Å². The minimum Gasteiger partial charge on any atom is -0.494 e. The third-order valence-electron chi connectivity index (χ3n) is 3.97. The standard InChI is InChI=1S/C16H26N2O/c1-2-14-7-9-18(13-14)8-4-10-19-16-6-3-5-15(11-16)12-17/h3,5-6,11,14H,2,4,7-10,12-13,17H2,1H3. The molecule has 1 fully saturated rings. The van der Waals surface area contributed by atoms with E-state index in [9.17, 15) is 0 Å². The highest BCUT2D eigenvalue weighted by atomic mass is 16.5. The molecule has 0 radical (unpaired) electrons. The van der Waals surface area contributed by atoms with Gasteiger partial charge in [-0.05, 0) is 43.0 Å². The number of nitrogens with two attached hydrogens (primary N) is 1. The van der Waals surface area contributed by atoms with Crippen molar-refractivity contribution in [3.05, 3.63) is 29.8 Å². The van der Waals surface area contributed by atoms with Crippen LogP contribution in [0.25, 0.3) is 0 Å². The Kier molecular flexibility index (Phi) is 5.67. The molecule has 0 saturated carbocycles. The lowest BCUT2D eigenvalue weighted by Crippen LogP contribution is -2.23. The van der Waals surface area contributed by atoms with Gasteiger partial charge in [0.05, 0.1) is 6.61 Å². The van der Waals surface area contributed by atoms with E-state index in [0.29, 0.717) is 6.54 Å². The van der Waals surface area contributed by atoms with Gasteiger partial charge in [0.1, 0.15) is 5.75 Å². The molecule has 0 bridgehead atoms. The SMILES string of the molecule is CCC1CCN(CCCOc2cccc(CN)c2)C1. The highest BCUT2D eigenvalue weighted by Crippen LogP contribution is 2.19. The summed E-state index contributed by atoms with van der Waals surface area (Å²) in [6, 6.07) is 8.07. The molecular weight excluding hydrogens is 236 g/mol. The van der Waals surface area contributed by atoms with Gasteiger partial charge in [-0.3, -0.25) is 0 Å². The third kappa shape index (κ3) is 4.51. The summed E-state index contributed by atoms with van der Waals surface area (Å²) in [4.78, 5) is 2.56. The molecule has 1 aliphatic heterocycles. The largest absolute Gasteiger partial charge is 0.494 e. The second-order valence-corrected chi connectivity index (χ2v) is 5.42. The molecule has 1 heterocycles. The lowest BCUT2D eigenvalue weighted by Gasteiger charge is -2.15. The van der Waals surface area contributed by atoms with Crippen LogP contribution >= 0.6 is 0 Å². The average Bonchev–Trinajstić information content (AvgIpc) is 2.92. The predicted molar refractivity (Wildman–Crippen MR) is 79.3 cm³/mol. The Labute approximate surface area is 116 Å². The van der Waals surface area contributed by atoms with E-state index in [2.05, 4.69) is 11.8 Å². The van der Waals surface area contributed by atoms with Crippen molar-refractivity contribution in [2.24, 2.45) is 11.7 Å². The van der Waals surface area contributed by atoms with E-state index in [-0.39, 0.29) is 0 Å². The van der Waals surface area contributed by atoms with Gasteiger partial charge < -0.3 is 15.4 Å². The van der Waals surface area contributed by atoms with Crippen LogP contribution in [0.1, 0.15) is 31.7 Å². The van der Waals surface area contributed by atoms with Gasteiger partial charge >= 0.3 is 0 Å². The maximum Gasteiger partial charge on any atom is 0.119 e. The van der Waals surface area contributed by atoms with Crippen LogP contribution in [-0.2, 0) is 6.54 Å². The fourth-order valence-electron chi connectivity index (χ4n) is 2.69. The molecule has 2 rings (SSSR count). The summed E-state index contributed by atoms with van der Waals surface area (Å²) in [5.74, 6) is 1.86. The molecule has 0 aliphatic carbocycles. The number of rotatable bonds is 7. The van der Waals surface area contributed by atoms with E-state index in [4.69, 9.17) is 10.5 Å². The van der Waals surface area contributed by atoms with Crippen LogP contribution in [-0.4, -0.2) is 31.1 Å². The maximum absolute atomic E-state index is 5.78. The number of nitrogens with zero attached hydrogens (tertiary/aromatic N) is 1. The first-order chi connectivity index (χ1) is 9.31. The van der Waals surface area contributed by atoms with Crippen molar-refractivity contribution in [2.45, 2.75) is 32.7 Å². The van der Waals surface area contributed by atoms with Crippen LogP contribution in [0.3, 0.4) is 0 Å². The summed E-state index contributed by atoms with van der Waals surface area (Å²) in [5.41, 5.74) is 6.75. The van der Waals surface area contributed by atoms with Gasteiger partial charge in [-0.2, -0.15) is 0 Å². The molecular formula is C16H26N2O. The lowest BCUT2D eigenvalue weighted by atomic mass is 10.1. The average molecular weight is 262 g/mol. The highest BCUT2D eigenvalue weighted by molar-refractivity contribution is 5.28. The molecule has 0 amide bonds. The third-order valence-corrected chi connectivity index (χ3v) is 3.97. The summed E-state index contributed by atoms with van der Waals surface area (Å²) >= 11 is 0. The normalized spacial score (nSPS) is 19.8. The number of benzene rings is 1. The molecule has 1 atom stereocenters. The molecule has 1 aromatic rings. The van der Waals surface area contributed by atoms with E-state index >= 15 is 0 Å². The van der Waals surface area contributed by atoms with Gasteiger partial charge in [-0.1, -0.05) is 25.5 Å². The molecule has 106 valence electrons. The molecule has 3 heteroatoms. The van der Waals surface area contributed by atoms with Gasteiger partial charge in [0.25, 0.3) is 0 Å². The molecule has 1 unspecified atom stereocenters. The second-order valence-electron chi connectivity index (χ2n) is 5.42. The molecule has 2 N–H and O–H groups in total. The Morgan fingerprint density at radius 2 is 2.32 bits per heavy atom. The zero-order chi connectivity index (χ0) is 13.5. The smallest absolute Gasteiger partial charge is 0.119 e. The summed E-state index contributed by atoms with van der Waals surface area (Å²) in [6.07, 6.45) is 3.79. The van der Waals surface area contributed by atoms with Crippen LogP contribution in [0.5, 0.6) is 5.75 Å². The van der Waals surface area contributed by atoms with Crippen molar-refractivity contribution in [1.29, 1.82) is 0 Å². The van der Waals surface area contributed by atoms with Crippen molar-refractivity contribution in [3.8, 4) is 5.75 Å². The first-order valence-electron chi connectivity index (χ1n) is 7.46. The first-order valence-corrected chi connectivity index (χ1v) is 7.46. The predicted octanol–water partition coefficient (Wildman–Crippen LogP) is 2.65. The van der Waals surface area contributed by atoms with Gasteiger partial charge in [0.2, 0.25) is 0 Å². The van der Waals surface area contributed by atoms with Gasteiger partial charge in [-0.15, -0.1) is 0 Å². The van der Waals surface area contributed by atoms with Crippen LogP contribution in [0, 0.1) is 5.92 Å². The molecule has 3 nitrogen and oxygen atoms in total. The number of hydrogen-bond donors (Lipinski definition) is 1. The van der Waals surface area contributed by atoms with Crippen molar-refractivity contribution in [3.63, 3.8) is 0 Å². The number of hydrogen-bond acceptors (Lipinski definition) is 3. The van der Waals surface area contributed by atoms with E-state index in [1.807, 2.05) is 24.3 Å². The fourth-order valence-corrected chi connectivity index (χ4v) is 2.69. The second kappa shape index (κ2) is 7.51. The zero-order valence-electron chi connectivity index (χ0n) is 12.0. The van der Waals surface area contributed by atoms with E-state index < -0.39 is 0 Å². The lowest BCUT2D eigenvalue weighted by molar-refractivity contribution is 0.258. The van der Waals surface area contributed by atoms with Gasteiger partial charge in [0, 0.05) is 19.6 Å². The molecule has 0 aromatic heterocycles. The quantitative estimate of drug-likeness (QED) is 0.768. The number of likely N-dealkylation sites (tertiary alicyclic amines) is 1. The van der Waals surface area contributed by atoms with E-state index in [1.165, 1.54) is 25.9 Å². The van der Waals surface area contributed by atoms with Gasteiger partial charge in [-0.25, -0.2) is 0 Å². The Morgan fingerprint density at radius 1 is 1.42 bits per heavy atom. The number of ether oxygens (including phenoxy) is 1. The van der Waals surface area contributed by atoms with Crippen LogP contribution < -0.4 is 10.5 Å². The van der Waals surface area contributed by atoms with Crippen molar-refractivity contribution in [1.82, 2.24) is 4.90 Å². The van der Waals surface area contributed by atoms with Crippen molar-refractivity contribution >= 4 is 0 Å². The Bertz CT molecular complexity index is 381. The van der Waals surface area contributed by atoms with Crippen LogP contribution in [0.15, 0.2) is 24.3 Å². The van der Waals surface area contributed by atoms with Gasteiger partial charge in [0.15, 0.2) is 0 Å². The molecule has 19 heavy (non-hydrogen) atoms. The Hall–Kier alpha value is -1.06. The summed E-state index contributed by atoms with van der Waals surface area (Å²) < 4.78 is 5.78. The highest BCUT2D eigenvalue weighted by Gasteiger charge is 2.19. The minimum atomic E-state index is 0.573. The van der Waals surface area contributed by atoms with E-state index in [1.54, 1.807) is 0 Å². The van der Waals surface area contributed by atoms with E-state index in [0.717, 1.165) is 36.8 Å². The van der Waals surface area contributed by atoms with Crippen LogP contribution in [0.4, 0.5) is 0 Å². The summed E-state index contributed by atoms with van der Waals surface area (Å²) in [7, 11) is 0. The Balaban J connectivity index is 1.64. The first kappa shape index (κ1) is 14.4. The summed E-state index contributed by atoms with van der Waals surface area (Å²) in [5, 5.41) is 0. The van der Waals surface area contributed by atoms with Crippen LogP contribution in [0.2, 0.25) is 0 Å². The maximum atomic E-state index is 5.78. The minimum absolute atomic E-state index is 0.573. The molecule has 1 aliphatic rings. The fraction of sp³-hybridized carbons (Fsp3) is 0.625. The summed E-state index contributed by atoms with van der Waals surface area (Å²) in [6.45, 7) is 7.36. The topological polar surface area (TPSA) is 38.5 Å². The Morgan fingerprint density at radius 3 is 3.05 bits per heavy atom. The molecule has 0 spiro atoms. The van der Waals surface area contributed by atoms with Crippen molar-refractivity contribution < 1.29 is 4.74 Å². The molecule has 1 aromatic carbocycles. The molecule has 1 saturated heterocycles.